The number of hydrogen-bond acceptors (Lipinski definition) is 2. The van der Waals surface area contributed by atoms with Crippen molar-refractivity contribution in [3.8, 4) is 0 Å². The molecule has 2 bridgehead atoms. The predicted molar refractivity (Wildman–Crippen MR) is 81.7 cm³/mol. The molecule has 1 nitrogen and oxygen atoms in total. The molecule has 5 unspecified atom stereocenters. The zero-order chi connectivity index (χ0) is 13.0. The van der Waals surface area contributed by atoms with Gasteiger partial charge in [-0.05, 0) is 73.3 Å². The van der Waals surface area contributed by atoms with Crippen LogP contribution in [-0.4, -0.2) is 6.54 Å². The van der Waals surface area contributed by atoms with Crippen LogP contribution in [0, 0.1) is 29.6 Å². The second-order valence-electron chi connectivity index (χ2n) is 6.63. The summed E-state index contributed by atoms with van der Waals surface area (Å²) in [6, 6.07) is 2.60. The quantitative estimate of drug-likeness (QED) is 0.828. The monoisotopic (exact) mass is 295 g/mol. The molecule has 3 saturated carbocycles. The predicted octanol–water partition coefficient (Wildman–Crippen LogP) is 4.73. The summed E-state index contributed by atoms with van der Waals surface area (Å²) in [5.41, 5.74) is 0. The van der Waals surface area contributed by atoms with E-state index in [1.165, 1.54) is 30.6 Å². The third-order valence-electron chi connectivity index (χ3n) is 5.72. The number of thiophene rings is 1. The fourth-order valence-electron chi connectivity index (χ4n) is 5.07. The zero-order valence-corrected chi connectivity index (χ0v) is 13.0. The molecular formula is C16H22ClNS. The third-order valence-corrected chi connectivity index (χ3v) is 7.16. The van der Waals surface area contributed by atoms with E-state index in [1.807, 2.05) is 11.3 Å². The van der Waals surface area contributed by atoms with Gasteiger partial charge in [-0.25, -0.2) is 0 Å². The largest absolute Gasteiger partial charge is 0.309 e. The minimum absolute atomic E-state index is 0.533. The van der Waals surface area contributed by atoms with Crippen molar-refractivity contribution in [3.63, 3.8) is 0 Å². The lowest BCUT2D eigenvalue weighted by Crippen LogP contribution is -2.25. The number of nitrogens with one attached hydrogen (secondary N) is 1. The van der Waals surface area contributed by atoms with E-state index in [0.717, 1.165) is 41.2 Å². The minimum Gasteiger partial charge on any atom is -0.309 e. The van der Waals surface area contributed by atoms with Gasteiger partial charge in [0.2, 0.25) is 0 Å². The molecule has 1 N–H and O–H groups in total. The van der Waals surface area contributed by atoms with E-state index in [9.17, 15) is 0 Å². The van der Waals surface area contributed by atoms with E-state index in [1.54, 1.807) is 0 Å². The van der Waals surface area contributed by atoms with Gasteiger partial charge < -0.3 is 5.32 Å². The van der Waals surface area contributed by atoms with Crippen LogP contribution in [0.15, 0.2) is 11.4 Å². The van der Waals surface area contributed by atoms with Crippen molar-refractivity contribution in [2.24, 2.45) is 29.6 Å². The average molecular weight is 296 g/mol. The highest BCUT2D eigenvalue weighted by molar-refractivity contribution is 7.10. The lowest BCUT2D eigenvalue weighted by Gasteiger charge is -2.21. The van der Waals surface area contributed by atoms with Gasteiger partial charge in [-0.15, -0.1) is 11.3 Å². The van der Waals surface area contributed by atoms with Gasteiger partial charge in [0.15, 0.2) is 0 Å². The molecule has 3 fully saturated rings. The van der Waals surface area contributed by atoms with Crippen LogP contribution in [0.1, 0.15) is 43.5 Å². The van der Waals surface area contributed by atoms with E-state index in [2.05, 4.69) is 23.7 Å². The highest BCUT2D eigenvalue weighted by atomic mass is 35.5. The van der Waals surface area contributed by atoms with Crippen LogP contribution >= 0.6 is 22.9 Å². The van der Waals surface area contributed by atoms with E-state index in [-0.39, 0.29) is 0 Å². The first-order valence-corrected chi connectivity index (χ1v) is 9.03. The topological polar surface area (TPSA) is 12.0 Å². The van der Waals surface area contributed by atoms with Crippen LogP contribution in [0.2, 0.25) is 5.02 Å². The van der Waals surface area contributed by atoms with Crippen molar-refractivity contribution in [1.82, 2.24) is 5.32 Å². The van der Waals surface area contributed by atoms with Crippen LogP contribution in [-0.2, 0) is 0 Å². The summed E-state index contributed by atoms with van der Waals surface area (Å²) >= 11 is 8.24. The normalized spacial score (nSPS) is 40.4. The van der Waals surface area contributed by atoms with Crippen LogP contribution in [0.25, 0.3) is 0 Å². The highest BCUT2D eigenvalue weighted by Crippen LogP contribution is 2.72. The lowest BCUT2D eigenvalue weighted by molar-refractivity contribution is 0.374. The standard InChI is InChI=1S/C16H22ClNS/c1-2-6-18-15(16-11(17)5-7-19-16)14-12-9-3-4-10(8-9)13(12)14/h5,7,9-10,12-15,18H,2-4,6,8H2,1H3. The summed E-state index contributed by atoms with van der Waals surface area (Å²) in [4.78, 5) is 1.40. The third kappa shape index (κ3) is 1.91. The Bertz CT molecular complexity index is 455. The Kier molecular flexibility index (Phi) is 3.17. The Balaban J connectivity index is 1.57. The van der Waals surface area contributed by atoms with Crippen molar-refractivity contribution in [1.29, 1.82) is 0 Å². The van der Waals surface area contributed by atoms with Gasteiger partial charge in [0.25, 0.3) is 0 Å². The maximum absolute atomic E-state index is 6.40. The number of hydrogen-bond donors (Lipinski definition) is 1. The summed E-state index contributed by atoms with van der Waals surface area (Å²) in [6.45, 7) is 3.36. The summed E-state index contributed by atoms with van der Waals surface area (Å²) in [6.07, 6.45) is 5.74. The fraction of sp³-hybridized carbons (Fsp3) is 0.750. The van der Waals surface area contributed by atoms with Crippen molar-refractivity contribution in [3.05, 3.63) is 21.3 Å². The zero-order valence-electron chi connectivity index (χ0n) is 11.4. The number of rotatable bonds is 5. The van der Waals surface area contributed by atoms with Crippen LogP contribution in [0.4, 0.5) is 0 Å². The Hall–Kier alpha value is -0.0500. The van der Waals surface area contributed by atoms with Gasteiger partial charge in [0.05, 0.1) is 5.02 Å². The van der Waals surface area contributed by atoms with Gasteiger partial charge in [0, 0.05) is 10.9 Å². The number of fused-ring (bicyclic) bond motifs is 5. The Labute approximate surface area is 124 Å². The molecule has 0 aromatic carbocycles. The molecule has 0 radical (unpaired) electrons. The van der Waals surface area contributed by atoms with Gasteiger partial charge in [0.1, 0.15) is 0 Å². The smallest absolute Gasteiger partial charge is 0.0561 e. The molecule has 1 aromatic rings. The molecule has 5 atom stereocenters. The first-order chi connectivity index (χ1) is 9.31. The fourth-order valence-corrected chi connectivity index (χ4v) is 6.38. The number of halogens is 1. The summed E-state index contributed by atoms with van der Waals surface area (Å²) < 4.78 is 0. The van der Waals surface area contributed by atoms with Gasteiger partial charge in [-0.1, -0.05) is 18.5 Å². The highest BCUT2D eigenvalue weighted by Gasteiger charge is 2.66. The Morgan fingerprint density at radius 2 is 2.11 bits per heavy atom. The molecule has 0 amide bonds. The molecule has 1 heterocycles. The summed E-state index contributed by atoms with van der Waals surface area (Å²) in [5.74, 6) is 5.01. The van der Waals surface area contributed by atoms with Crippen molar-refractivity contribution in [2.75, 3.05) is 6.54 Å². The van der Waals surface area contributed by atoms with Gasteiger partial charge in [-0.3, -0.25) is 0 Å². The average Bonchev–Trinajstić information content (AvgIpc) is 2.78. The molecule has 0 saturated heterocycles. The molecule has 104 valence electrons. The first-order valence-electron chi connectivity index (χ1n) is 7.77. The van der Waals surface area contributed by atoms with Crippen LogP contribution in [0.3, 0.4) is 0 Å². The molecule has 0 aliphatic heterocycles. The van der Waals surface area contributed by atoms with E-state index in [4.69, 9.17) is 11.6 Å². The maximum atomic E-state index is 6.40. The molecule has 4 rings (SSSR count). The van der Waals surface area contributed by atoms with Crippen LogP contribution < -0.4 is 5.32 Å². The molecule has 3 aliphatic carbocycles. The van der Waals surface area contributed by atoms with E-state index >= 15 is 0 Å². The SMILES string of the molecule is CCCNC(c1sccc1Cl)C1C2C3CCC(C3)C21. The van der Waals surface area contributed by atoms with Crippen molar-refractivity contribution >= 4 is 22.9 Å². The minimum atomic E-state index is 0.533. The molecule has 19 heavy (non-hydrogen) atoms. The molecule has 0 spiro atoms. The van der Waals surface area contributed by atoms with E-state index in [0.29, 0.717) is 6.04 Å². The second kappa shape index (κ2) is 4.75. The Morgan fingerprint density at radius 1 is 1.37 bits per heavy atom. The molecule has 1 aromatic heterocycles. The molecular weight excluding hydrogens is 274 g/mol. The molecule has 3 aliphatic rings. The van der Waals surface area contributed by atoms with Crippen molar-refractivity contribution in [2.45, 2.75) is 38.6 Å². The summed E-state index contributed by atoms with van der Waals surface area (Å²) in [7, 11) is 0. The summed E-state index contributed by atoms with van der Waals surface area (Å²) in [5, 5.41) is 6.92. The van der Waals surface area contributed by atoms with Gasteiger partial charge in [-0.2, -0.15) is 0 Å². The Morgan fingerprint density at radius 3 is 2.68 bits per heavy atom. The lowest BCUT2D eigenvalue weighted by atomic mass is 9.96. The van der Waals surface area contributed by atoms with Gasteiger partial charge >= 0.3 is 0 Å². The van der Waals surface area contributed by atoms with E-state index < -0.39 is 0 Å². The van der Waals surface area contributed by atoms with Crippen molar-refractivity contribution < 1.29 is 0 Å². The molecule has 3 heteroatoms. The second-order valence-corrected chi connectivity index (χ2v) is 7.98. The van der Waals surface area contributed by atoms with Crippen LogP contribution in [0.5, 0.6) is 0 Å². The first kappa shape index (κ1) is 12.7. The maximum Gasteiger partial charge on any atom is 0.0561 e.